The number of fused-ring (bicyclic) bond motifs is 2. The molecule has 0 amide bonds. The molecule has 0 aromatic heterocycles. The van der Waals surface area contributed by atoms with E-state index in [2.05, 4.69) is 6.58 Å². The van der Waals surface area contributed by atoms with Gasteiger partial charge in [-0.1, -0.05) is 13.5 Å². The second-order valence-electron chi connectivity index (χ2n) is 10.5. The molecule has 0 aromatic rings. The maximum absolute atomic E-state index is 13.5. The van der Waals surface area contributed by atoms with Crippen LogP contribution in [-0.4, -0.2) is 69.5 Å². The number of Topliss-reactive ketones (excluding diaryl/α,β-unsaturated/α-hetero) is 1. The lowest BCUT2D eigenvalue weighted by atomic mass is 9.35. The number of aliphatic hydroxyl groups is 4. The Morgan fingerprint density at radius 1 is 1.30 bits per heavy atom. The third-order valence-corrected chi connectivity index (χ3v) is 9.22. The minimum absolute atomic E-state index is 0.00764. The van der Waals surface area contributed by atoms with Gasteiger partial charge in [-0.05, 0) is 37.2 Å². The highest BCUT2D eigenvalue weighted by Gasteiger charge is 2.86. The summed E-state index contributed by atoms with van der Waals surface area (Å²) in [6, 6.07) is 0. The van der Waals surface area contributed by atoms with Gasteiger partial charge >= 0.3 is 5.97 Å². The van der Waals surface area contributed by atoms with Crippen molar-refractivity contribution >= 4 is 11.8 Å². The summed E-state index contributed by atoms with van der Waals surface area (Å²) in [6.45, 7) is 7.00. The topological polar surface area (TPSA) is 134 Å². The van der Waals surface area contributed by atoms with E-state index in [4.69, 9.17) is 9.47 Å². The lowest BCUT2D eigenvalue weighted by molar-refractivity contribution is -0.457. The summed E-state index contributed by atoms with van der Waals surface area (Å²) in [6.07, 6.45) is -2.02. The molecule has 166 valence electrons. The van der Waals surface area contributed by atoms with Crippen molar-refractivity contribution in [3.8, 4) is 0 Å². The quantitative estimate of drug-likeness (QED) is 0.359. The molecule has 4 N–H and O–H groups in total. The first-order valence-electron chi connectivity index (χ1n) is 10.7. The second-order valence-corrected chi connectivity index (χ2v) is 10.5. The van der Waals surface area contributed by atoms with Crippen molar-refractivity contribution in [1.82, 2.24) is 0 Å². The first-order chi connectivity index (χ1) is 14.0. The predicted octanol–water partition coefficient (Wildman–Crippen LogP) is -0.0812. The summed E-state index contributed by atoms with van der Waals surface area (Å²) in [7, 11) is 0. The average molecular weight is 422 g/mol. The zero-order valence-electron chi connectivity index (χ0n) is 17.3. The van der Waals surface area contributed by atoms with Crippen molar-refractivity contribution in [2.75, 3.05) is 13.2 Å². The van der Waals surface area contributed by atoms with E-state index < -0.39 is 58.1 Å². The van der Waals surface area contributed by atoms with Crippen LogP contribution in [0.5, 0.6) is 0 Å². The van der Waals surface area contributed by atoms with Gasteiger partial charge in [-0.15, -0.1) is 0 Å². The highest BCUT2D eigenvalue weighted by Crippen LogP contribution is 2.76. The van der Waals surface area contributed by atoms with Crippen LogP contribution in [0.25, 0.3) is 0 Å². The molecular weight excluding hydrogens is 392 g/mol. The molecule has 2 heterocycles. The standard InChI is InChI=1S/C22H30O8/c1-10-12-6-13(24)15-20-9-30-22(28,21(15,7-12)17(10)26)18(27)16(20)19(3,5-4-14(20)25)8-29-11(2)23/h12-16,18,24-25,27-28H,1,4-9H2,2-3H3/t12-,13-,14+,15+,16-,18+,19+,20?,21+,22-/m1/s1. The number of carbonyl (C=O) groups is 2. The Labute approximate surface area is 174 Å². The van der Waals surface area contributed by atoms with Crippen LogP contribution >= 0.6 is 0 Å². The first-order valence-corrected chi connectivity index (χ1v) is 10.7. The number of rotatable bonds is 2. The highest BCUT2D eigenvalue weighted by atomic mass is 16.6. The van der Waals surface area contributed by atoms with Gasteiger partial charge in [-0.2, -0.15) is 0 Å². The smallest absolute Gasteiger partial charge is 0.302 e. The Kier molecular flexibility index (Phi) is 4.06. The van der Waals surface area contributed by atoms with E-state index in [0.717, 1.165) is 0 Å². The number of aliphatic hydroxyl groups excluding tert-OH is 3. The van der Waals surface area contributed by atoms with Crippen molar-refractivity contribution in [2.45, 2.75) is 63.6 Å². The Morgan fingerprint density at radius 2 is 2.00 bits per heavy atom. The molecule has 1 unspecified atom stereocenters. The Hall–Kier alpha value is -1.32. The summed E-state index contributed by atoms with van der Waals surface area (Å²) in [4.78, 5) is 25.0. The van der Waals surface area contributed by atoms with Crippen LogP contribution in [0, 0.1) is 34.0 Å². The van der Waals surface area contributed by atoms with Crippen molar-refractivity contribution in [3.05, 3.63) is 12.2 Å². The second kappa shape index (κ2) is 5.92. The molecule has 4 aliphatic carbocycles. The molecule has 6 aliphatic rings. The molecule has 4 saturated carbocycles. The first kappa shape index (κ1) is 20.6. The normalized spacial score (nSPS) is 56.5. The van der Waals surface area contributed by atoms with Gasteiger partial charge in [0.15, 0.2) is 5.78 Å². The molecule has 2 spiro atoms. The molecule has 8 heteroatoms. The maximum atomic E-state index is 13.5. The Morgan fingerprint density at radius 3 is 2.67 bits per heavy atom. The van der Waals surface area contributed by atoms with E-state index in [1.165, 1.54) is 6.92 Å². The van der Waals surface area contributed by atoms with E-state index in [1.54, 1.807) is 0 Å². The van der Waals surface area contributed by atoms with E-state index in [1.807, 2.05) is 6.92 Å². The summed E-state index contributed by atoms with van der Waals surface area (Å²) in [5, 5.41) is 45.8. The number of hydrogen-bond acceptors (Lipinski definition) is 8. The summed E-state index contributed by atoms with van der Waals surface area (Å²) in [5.41, 5.74) is -3.11. The number of hydrogen-bond donors (Lipinski definition) is 4. The van der Waals surface area contributed by atoms with E-state index in [0.29, 0.717) is 24.8 Å². The SMILES string of the molecule is C=C1C(=O)[C@]23C[C@H]1C[C@@H](O)[C@H]2C12CO[C@]3(O)[C@@H](O)[C@@H]1[C@](C)(COC(C)=O)CC[C@@H]2O. The minimum Gasteiger partial charge on any atom is -0.465 e. The van der Waals surface area contributed by atoms with Gasteiger partial charge in [0.25, 0.3) is 0 Å². The zero-order chi connectivity index (χ0) is 21.9. The third-order valence-electron chi connectivity index (χ3n) is 9.22. The van der Waals surface area contributed by atoms with Crippen molar-refractivity contribution in [1.29, 1.82) is 0 Å². The van der Waals surface area contributed by atoms with E-state index >= 15 is 0 Å². The highest BCUT2D eigenvalue weighted by molar-refractivity contribution is 6.04. The number of esters is 1. The Balaban J connectivity index is 1.72. The number of ether oxygens (including phenoxy) is 2. The van der Waals surface area contributed by atoms with Crippen LogP contribution in [0.1, 0.15) is 39.5 Å². The number of allylic oxidation sites excluding steroid dienone is 1. The minimum atomic E-state index is -2.20. The van der Waals surface area contributed by atoms with Gasteiger partial charge in [0.1, 0.15) is 6.10 Å². The fourth-order valence-electron chi connectivity index (χ4n) is 8.14. The monoisotopic (exact) mass is 422 g/mol. The number of carbonyl (C=O) groups excluding carboxylic acids is 2. The lowest BCUT2D eigenvalue weighted by Gasteiger charge is -2.74. The molecule has 4 bridgehead atoms. The van der Waals surface area contributed by atoms with Crippen LogP contribution in [0.3, 0.4) is 0 Å². The van der Waals surface area contributed by atoms with Gasteiger partial charge in [-0.3, -0.25) is 9.59 Å². The molecule has 10 atom stereocenters. The fourth-order valence-corrected chi connectivity index (χ4v) is 8.14. The molecule has 30 heavy (non-hydrogen) atoms. The van der Waals surface area contributed by atoms with Crippen LogP contribution in [-0.2, 0) is 19.1 Å². The molecular formula is C22H30O8. The molecule has 6 rings (SSSR count). The van der Waals surface area contributed by atoms with Crippen LogP contribution in [0.15, 0.2) is 12.2 Å². The van der Waals surface area contributed by atoms with Gasteiger partial charge in [0.05, 0.1) is 30.8 Å². The van der Waals surface area contributed by atoms with Crippen LogP contribution in [0.2, 0.25) is 0 Å². The third kappa shape index (κ3) is 2.00. The largest absolute Gasteiger partial charge is 0.465 e. The summed E-state index contributed by atoms with van der Waals surface area (Å²) < 4.78 is 11.2. The maximum Gasteiger partial charge on any atom is 0.302 e. The lowest BCUT2D eigenvalue weighted by Crippen LogP contribution is -2.85. The van der Waals surface area contributed by atoms with E-state index in [9.17, 15) is 30.0 Å². The molecule has 2 aliphatic heterocycles. The number of ketones is 1. The Bertz CT molecular complexity index is 841. The molecule has 2 saturated heterocycles. The molecule has 8 nitrogen and oxygen atoms in total. The van der Waals surface area contributed by atoms with Crippen molar-refractivity contribution in [2.24, 2.45) is 34.0 Å². The predicted molar refractivity (Wildman–Crippen MR) is 102 cm³/mol. The van der Waals surface area contributed by atoms with Gasteiger partial charge in [-0.25, -0.2) is 0 Å². The van der Waals surface area contributed by atoms with E-state index in [-0.39, 0.29) is 31.3 Å². The average Bonchev–Trinajstić information content (AvgIpc) is 2.88. The molecule has 6 fully saturated rings. The summed E-state index contributed by atoms with van der Waals surface area (Å²) in [5.74, 6) is -4.84. The fraction of sp³-hybridized carbons (Fsp3) is 0.818. The molecule has 0 aromatic carbocycles. The van der Waals surface area contributed by atoms with Crippen LogP contribution < -0.4 is 0 Å². The zero-order valence-corrected chi connectivity index (χ0v) is 17.3. The van der Waals surface area contributed by atoms with Gasteiger partial charge in [0, 0.05) is 29.6 Å². The summed E-state index contributed by atoms with van der Waals surface area (Å²) >= 11 is 0. The van der Waals surface area contributed by atoms with Gasteiger partial charge < -0.3 is 29.9 Å². The van der Waals surface area contributed by atoms with Crippen LogP contribution in [0.4, 0.5) is 0 Å². The van der Waals surface area contributed by atoms with Gasteiger partial charge in [0.2, 0.25) is 5.79 Å². The molecule has 0 radical (unpaired) electrons. The van der Waals surface area contributed by atoms with Crippen molar-refractivity contribution < 1.29 is 39.5 Å². The van der Waals surface area contributed by atoms with Crippen molar-refractivity contribution in [3.63, 3.8) is 0 Å².